The van der Waals surface area contributed by atoms with Crippen LogP contribution >= 0.6 is 0 Å². The van der Waals surface area contributed by atoms with Crippen molar-refractivity contribution in [1.82, 2.24) is 0 Å². The highest BCUT2D eigenvalue weighted by atomic mass is 16.5. The standard InChI is InChI=1S/C31H56N2O7/c1-39-26-16-19(5-8-22(26)34)6-9-23(35)29(31(12-3-4-13-31)21-11-14-33-28(32)18-21)24(36)10-7-20-15-25(37)30(38)27(17-20)40-2/h19-23,25-30,33-35,37-38H,3-18,32H2,1-2H3/p+1/t19?,20?,21?,22?,23-,25?,26?,27?,28?,29-,30?/m1/s1. The lowest BCUT2D eigenvalue weighted by Crippen LogP contribution is -2.95. The number of rotatable bonds is 12. The number of ketones is 1. The van der Waals surface area contributed by atoms with Crippen molar-refractivity contribution in [3.05, 3.63) is 0 Å². The van der Waals surface area contributed by atoms with Crippen LogP contribution in [0, 0.1) is 29.1 Å². The minimum absolute atomic E-state index is 0.0462. The minimum Gasteiger partial charge on any atom is -0.392 e. The van der Waals surface area contributed by atoms with Crippen molar-refractivity contribution in [2.75, 3.05) is 20.8 Å². The molecule has 232 valence electrons. The zero-order chi connectivity index (χ0) is 28.9. The Morgan fingerprint density at radius 3 is 2.30 bits per heavy atom. The number of methoxy groups -OCH3 is 2. The molecule has 9 heteroatoms. The summed E-state index contributed by atoms with van der Waals surface area (Å²) < 4.78 is 10.9. The average Bonchev–Trinajstić information content (AvgIpc) is 3.44. The molecule has 4 fully saturated rings. The van der Waals surface area contributed by atoms with Crippen LogP contribution in [0.1, 0.15) is 96.3 Å². The van der Waals surface area contributed by atoms with Gasteiger partial charge in [-0.25, -0.2) is 0 Å². The van der Waals surface area contributed by atoms with E-state index in [1.807, 2.05) is 0 Å². The van der Waals surface area contributed by atoms with Gasteiger partial charge in [-0.1, -0.05) is 12.8 Å². The summed E-state index contributed by atoms with van der Waals surface area (Å²) in [6.07, 6.45) is 8.58. The van der Waals surface area contributed by atoms with Crippen LogP contribution in [-0.4, -0.2) is 89.8 Å². The van der Waals surface area contributed by atoms with Gasteiger partial charge in [0, 0.05) is 39.4 Å². The van der Waals surface area contributed by atoms with Crippen LogP contribution in [0.2, 0.25) is 0 Å². The van der Waals surface area contributed by atoms with Crippen molar-refractivity contribution in [3.8, 4) is 0 Å². The molecule has 9 unspecified atom stereocenters. The Kier molecular flexibility index (Phi) is 11.8. The normalized spacial score (nSPS) is 40.0. The van der Waals surface area contributed by atoms with Crippen LogP contribution in [0.3, 0.4) is 0 Å². The predicted molar refractivity (Wildman–Crippen MR) is 151 cm³/mol. The van der Waals surface area contributed by atoms with Gasteiger partial charge < -0.3 is 35.2 Å². The van der Waals surface area contributed by atoms with E-state index in [2.05, 4.69) is 5.32 Å². The number of carbonyl (C=O) groups excluding carboxylic acids is 1. The molecular weight excluding hydrogens is 512 g/mol. The Bertz CT molecular complexity index is 794. The molecule has 1 aliphatic heterocycles. The Morgan fingerprint density at radius 1 is 0.925 bits per heavy atom. The van der Waals surface area contributed by atoms with Crippen LogP contribution in [0.5, 0.6) is 0 Å². The first-order valence-electron chi connectivity index (χ1n) is 16.1. The topological polar surface area (TPSA) is 159 Å². The number of aliphatic hydroxyl groups excluding tert-OH is 4. The van der Waals surface area contributed by atoms with E-state index in [-0.39, 0.29) is 29.4 Å². The number of Topliss-reactive ketones (excluding diaryl/α,β-unsaturated/α-hetero) is 1. The molecule has 1 heterocycles. The number of piperidine rings is 1. The third-order valence-corrected chi connectivity index (χ3v) is 11.3. The Balaban J connectivity index is 1.48. The number of hydrogen-bond donors (Lipinski definition) is 6. The maximum Gasteiger partial charge on any atom is 0.139 e. The SMILES string of the molecule is COC1CC(CC[C@@H](O)[C@H](C(=O)CCC2CC(O)C(O)C(OC)C2)C2(C3CC[NH2+]C(N)C3)CCCC2)CCC1O. The summed E-state index contributed by atoms with van der Waals surface area (Å²) in [5, 5.41) is 44.9. The fourth-order valence-corrected chi connectivity index (χ4v) is 9.05. The first-order chi connectivity index (χ1) is 19.2. The first kappa shape index (κ1) is 32.3. The van der Waals surface area contributed by atoms with Crippen molar-refractivity contribution in [1.29, 1.82) is 0 Å². The molecule has 4 rings (SSSR count). The van der Waals surface area contributed by atoms with Gasteiger partial charge in [-0.05, 0) is 87.4 Å². The van der Waals surface area contributed by atoms with Crippen molar-refractivity contribution in [3.63, 3.8) is 0 Å². The van der Waals surface area contributed by atoms with Gasteiger partial charge >= 0.3 is 0 Å². The maximum atomic E-state index is 14.2. The van der Waals surface area contributed by atoms with Crippen molar-refractivity contribution in [2.24, 2.45) is 34.8 Å². The number of nitrogens with two attached hydrogens (primary N) is 2. The molecule has 0 radical (unpaired) electrons. The van der Waals surface area contributed by atoms with E-state index in [9.17, 15) is 25.2 Å². The van der Waals surface area contributed by atoms with Crippen molar-refractivity contribution in [2.45, 2.75) is 139 Å². The molecule has 0 bridgehead atoms. The summed E-state index contributed by atoms with van der Waals surface area (Å²) in [5.74, 6) is 0.556. The molecule has 0 aromatic heterocycles. The molecule has 11 atom stereocenters. The average molecular weight is 570 g/mol. The molecule has 0 aromatic rings. The molecule has 0 spiro atoms. The molecule has 3 saturated carbocycles. The van der Waals surface area contributed by atoms with Crippen LogP contribution in [0.15, 0.2) is 0 Å². The third-order valence-electron chi connectivity index (χ3n) is 11.3. The van der Waals surface area contributed by atoms with Gasteiger partial charge in [-0.15, -0.1) is 0 Å². The van der Waals surface area contributed by atoms with Gasteiger partial charge in [0.25, 0.3) is 0 Å². The second-order valence-electron chi connectivity index (χ2n) is 13.7. The molecule has 1 saturated heterocycles. The molecule has 9 nitrogen and oxygen atoms in total. The van der Waals surface area contributed by atoms with Gasteiger partial charge in [0.15, 0.2) is 0 Å². The first-order valence-corrected chi connectivity index (χ1v) is 16.1. The van der Waals surface area contributed by atoms with Crippen LogP contribution in [0.4, 0.5) is 0 Å². The van der Waals surface area contributed by atoms with E-state index in [0.29, 0.717) is 50.4 Å². The summed E-state index contributed by atoms with van der Waals surface area (Å²) in [5.41, 5.74) is 6.20. The second kappa shape index (κ2) is 14.7. The van der Waals surface area contributed by atoms with E-state index in [4.69, 9.17) is 15.2 Å². The summed E-state index contributed by atoms with van der Waals surface area (Å²) in [4.78, 5) is 14.2. The fraction of sp³-hybridized carbons (Fsp3) is 0.968. The third kappa shape index (κ3) is 7.46. The van der Waals surface area contributed by atoms with Crippen molar-refractivity contribution >= 4 is 5.78 Å². The monoisotopic (exact) mass is 569 g/mol. The summed E-state index contributed by atoms with van der Waals surface area (Å²) in [6, 6.07) is 0. The smallest absolute Gasteiger partial charge is 0.139 e. The summed E-state index contributed by atoms with van der Waals surface area (Å²) in [6.45, 7) is 0.966. The lowest BCUT2D eigenvalue weighted by Gasteiger charge is -2.47. The Labute approximate surface area is 240 Å². The van der Waals surface area contributed by atoms with Gasteiger partial charge in [-0.2, -0.15) is 0 Å². The number of quaternary nitrogens is 1. The molecule has 4 aliphatic rings. The van der Waals surface area contributed by atoms with Gasteiger partial charge in [0.2, 0.25) is 0 Å². The zero-order valence-corrected chi connectivity index (χ0v) is 24.8. The highest BCUT2D eigenvalue weighted by Gasteiger charge is 2.53. The maximum absolute atomic E-state index is 14.2. The Morgan fingerprint density at radius 2 is 1.62 bits per heavy atom. The van der Waals surface area contributed by atoms with E-state index < -0.39 is 36.4 Å². The molecule has 0 amide bonds. The summed E-state index contributed by atoms with van der Waals surface area (Å²) >= 11 is 0. The van der Waals surface area contributed by atoms with Gasteiger partial charge in [0.05, 0.1) is 37.1 Å². The Hall–Kier alpha value is -0.650. The second-order valence-corrected chi connectivity index (χ2v) is 13.7. The van der Waals surface area contributed by atoms with Crippen LogP contribution < -0.4 is 11.1 Å². The number of carbonyl (C=O) groups is 1. The van der Waals surface area contributed by atoms with E-state index in [0.717, 1.165) is 64.3 Å². The highest BCUT2D eigenvalue weighted by molar-refractivity contribution is 5.82. The number of hydrogen-bond acceptors (Lipinski definition) is 8. The predicted octanol–water partition coefficient (Wildman–Crippen LogP) is 1.23. The van der Waals surface area contributed by atoms with E-state index in [1.165, 1.54) is 0 Å². The summed E-state index contributed by atoms with van der Waals surface area (Å²) in [7, 11) is 3.20. The number of ether oxygens (including phenoxy) is 2. The van der Waals surface area contributed by atoms with Crippen molar-refractivity contribution < 1.29 is 40.0 Å². The lowest BCUT2D eigenvalue weighted by atomic mass is 9.58. The minimum atomic E-state index is -0.890. The molecule has 3 aliphatic carbocycles. The quantitative estimate of drug-likeness (QED) is 0.205. The van der Waals surface area contributed by atoms with Crippen LogP contribution in [-0.2, 0) is 14.3 Å². The lowest BCUT2D eigenvalue weighted by molar-refractivity contribution is -0.700. The molecular formula is C31H57N2O7+. The highest BCUT2D eigenvalue weighted by Crippen LogP contribution is 2.55. The molecule has 8 N–H and O–H groups in total. The largest absolute Gasteiger partial charge is 0.392 e. The fourth-order valence-electron chi connectivity index (χ4n) is 9.05. The number of aliphatic hydroxyl groups is 4. The van der Waals surface area contributed by atoms with E-state index in [1.54, 1.807) is 14.2 Å². The van der Waals surface area contributed by atoms with Crippen LogP contribution in [0.25, 0.3) is 0 Å². The van der Waals surface area contributed by atoms with Gasteiger partial charge in [0.1, 0.15) is 18.1 Å². The molecule has 0 aromatic carbocycles. The van der Waals surface area contributed by atoms with E-state index >= 15 is 0 Å². The zero-order valence-electron chi connectivity index (χ0n) is 24.8. The molecule has 40 heavy (non-hydrogen) atoms. The van der Waals surface area contributed by atoms with Gasteiger partial charge in [-0.3, -0.25) is 10.5 Å².